The number of aliphatic hydroxyl groups is 2. The Labute approximate surface area is 477 Å². The molecular formula is C67H104O12. The molecule has 1 saturated heterocycles. The molecule has 0 saturated carbocycles. The fourth-order valence-corrected chi connectivity index (χ4v) is 8.13. The van der Waals surface area contributed by atoms with Crippen LogP contribution in [0.2, 0.25) is 0 Å². The summed E-state index contributed by atoms with van der Waals surface area (Å²) in [4.78, 5) is 51.2. The number of hydrogen-bond donors (Lipinski definition) is 3. The first-order chi connectivity index (χ1) is 38.6. The van der Waals surface area contributed by atoms with Crippen molar-refractivity contribution in [2.24, 2.45) is 0 Å². The highest BCUT2D eigenvalue weighted by atomic mass is 16.7. The maximum Gasteiger partial charge on any atom is 0.335 e. The molecule has 0 aromatic rings. The van der Waals surface area contributed by atoms with Crippen LogP contribution in [0.15, 0.2) is 134 Å². The van der Waals surface area contributed by atoms with Gasteiger partial charge in [-0.05, 0) is 128 Å². The normalized spacial score (nSPS) is 18.8. The summed E-state index contributed by atoms with van der Waals surface area (Å²) in [6.45, 7) is 5.66. The van der Waals surface area contributed by atoms with Crippen LogP contribution in [0.25, 0.3) is 0 Å². The van der Waals surface area contributed by atoms with Crippen LogP contribution in [0, 0.1) is 0 Å². The predicted octanol–water partition coefficient (Wildman–Crippen LogP) is 15.8. The third-order valence-corrected chi connectivity index (χ3v) is 12.7. The smallest absolute Gasteiger partial charge is 0.335 e. The minimum Gasteiger partial charge on any atom is -0.479 e. The van der Waals surface area contributed by atoms with Crippen molar-refractivity contribution in [1.82, 2.24) is 0 Å². The van der Waals surface area contributed by atoms with E-state index in [0.717, 1.165) is 109 Å². The van der Waals surface area contributed by atoms with Gasteiger partial charge >= 0.3 is 23.9 Å². The maximum atomic E-state index is 13.1. The van der Waals surface area contributed by atoms with Crippen molar-refractivity contribution in [1.29, 1.82) is 0 Å². The number of ether oxygens (including phenoxy) is 5. The Morgan fingerprint density at radius 2 is 0.810 bits per heavy atom. The van der Waals surface area contributed by atoms with E-state index < -0.39 is 67.3 Å². The Morgan fingerprint density at radius 1 is 0.430 bits per heavy atom. The number of carboxylic acid groups (broad SMARTS) is 1. The predicted molar refractivity (Wildman–Crippen MR) is 321 cm³/mol. The molecule has 0 amide bonds. The lowest BCUT2D eigenvalue weighted by Gasteiger charge is -2.40. The number of carboxylic acids is 1. The Bertz CT molecular complexity index is 1880. The van der Waals surface area contributed by atoms with Crippen LogP contribution in [0.4, 0.5) is 0 Å². The fourth-order valence-electron chi connectivity index (χ4n) is 8.13. The second-order valence-electron chi connectivity index (χ2n) is 19.9. The van der Waals surface area contributed by atoms with Gasteiger partial charge in [0.2, 0.25) is 0 Å². The van der Waals surface area contributed by atoms with Gasteiger partial charge in [0, 0.05) is 19.3 Å². The van der Waals surface area contributed by atoms with E-state index in [-0.39, 0.29) is 25.9 Å². The SMILES string of the molecule is CC/C=C\C/C=C\C/C=C\C/C=C\C/C=C\CCCC(=O)OC1C(OCC(COC(=O)CCCCCCCCC/C=C\C/C=C\CCCCC)OC(=O)CCCC/C=C\C/C=C\C/C=C\C/C=C\CC)OC(C(=O)O)C(O)C1O. The van der Waals surface area contributed by atoms with Crippen molar-refractivity contribution in [3.05, 3.63) is 134 Å². The summed E-state index contributed by atoms with van der Waals surface area (Å²) in [7, 11) is 0. The minimum absolute atomic E-state index is 0.0310. The van der Waals surface area contributed by atoms with E-state index >= 15 is 0 Å². The number of rotatable bonds is 49. The third kappa shape index (κ3) is 43.4. The van der Waals surface area contributed by atoms with Crippen LogP contribution in [-0.4, -0.2) is 89.2 Å². The van der Waals surface area contributed by atoms with Gasteiger partial charge in [0.25, 0.3) is 0 Å². The van der Waals surface area contributed by atoms with Gasteiger partial charge in [-0.2, -0.15) is 0 Å². The molecule has 0 spiro atoms. The summed E-state index contributed by atoms with van der Waals surface area (Å²) in [5, 5.41) is 31.5. The Balaban J connectivity index is 2.76. The maximum absolute atomic E-state index is 13.1. The molecule has 1 heterocycles. The minimum atomic E-state index is -1.94. The second-order valence-corrected chi connectivity index (χ2v) is 19.9. The van der Waals surface area contributed by atoms with E-state index in [4.69, 9.17) is 23.7 Å². The topological polar surface area (TPSA) is 175 Å². The van der Waals surface area contributed by atoms with Crippen LogP contribution in [0.3, 0.4) is 0 Å². The zero-order valence-corrected chi connectivity index (χ0v) is 48.8. The quantitative estimate of drug-likeness (QED) is 0.0228. The van der Waals surface area contributed by atoms with E-state index in [9.17, 15) is 34.5 Å². The summed E-state index contributed by atoms with van der Waals surface area (Å²) in [6, 6.07) is 0. The average molecular weight is 1100 g/mol. The molecular weight excluding hydrogens is 997 g/mol. The number of hydrogen-bond acceptors (Lipinski definition) is 11. The number of carbonyl (C=O) groups excluding carboxylic acids is 3. The largest absolute Gasteiger partial charge is 0.479 e. The first kappa shape index (κ1) is 71.9. The number of esters is 3. The van der Waals surface area contributed by atoms with Gasteiger partial charge in [-0.3, -0.25) is 14.4 Å². The van der Waals surface area contributed by atoms with Gasteiger partial charge in [-0.15, -0.1) is 0 Å². The van der Waals surface area contributed by atoms with Gasteiger partial charge < -0.3 is 39.0 Å². The molecule has 444 valence electrons. The van der Waals surface area contributed by atoms with Gasteiger partial charge in [0.05, 0.1) is 6.61 Å². The highest BCUT2D eigenvalue weighted by molar-refractivity contribution is 5.74. The summed E-state index contributed by atoms with van der Waals surface area (Å²) < 4.78 is 28.3. The molecule has 0 bridgehead atoms. The molecule has 1 fully saturated rings. The first-order valence-corrected chi connectivity index (χ1v) is 30.2. The number of aliphatic hydroxyl groups excluding tert-OH is 2. The number of carbonyl (C=O) groups is 4. The molecule has 6 unspecified atom stereocenters. The molecule has 0 radical (unpaired) electrons. The van der Waals surface area contributed by atoms with Crippen LogP contribution < -0.4 is 0 Å². The van der Waals surface area contributed by atoms with Gasteiger partial charge in [0.15, 0.2) is 24.6 Å². The van der Waals surface area contributed by atoms with Gasteiger partial charge in [-0.25, -0.2) is 4.79 Å². The molecule has 1 rings (SSSR count). The van der Waals surface area contributed by atoms with E-state index in [2.05, 4.69) is 142 Å². The molecule has 79 heavy (non-hydrogen) atoms. The Kier molecular flexibility index (Phi) is 48.7. The Hall–Kier alpha value is -5.14. The molecule has 0 aromatic carbocycles. The van der Waals surface area contributed by atoms with Crippen LogP contribution in [0.5, 0.6) is 0 Å². The van der Waals surface area contributed by atoms with E-state index in [1.807, 2.05) is 12.2 Å². The number of allylic oxidation sites excluding steroid dienone is 22. The Morgan fingerprint density at radius 3 is 1.28 bits per heavy atom. The van der Waals surface area contributed by atoms with Crippen molar-refractivity contribution in [2.75, 3.05) is 13.2 Å². The number of unbranched alkanes of at least 4 members (excludes halogenated alkanes) is 13. The van der Waals surface area contributed by atoms with Crippen molar-refractivity contribution in [3.8, 4) is 0 Å². The molecule has 12 nitrogen and oxygen atoms in total. The zero-order valence-electron chi connectivity index (χ0n) is 48.8. The first-order valence-electron chi connectivity index (χ1n) is 30.2. The number of aliphatic carboxylic acids is 1. The van der Waals surface area contributed by atoms with Crippen molar-refractivity contribution in [2.45, 2.75) is 250 Å². The summed E-state index contributed by atoms with van der Waals surface area (Å²) >= 11 is 0. The van der Waals surface area contributed by atoms with Crippen molar-refractivity contribution < 1.29 is 58.2 Å². The fraction of sp³-hybridized carbons (Fsp3) is 0.612. The molecule has 1 aliphatic rings. The molecule has 12 heteroatoms. The van der Waals surface area contributed by atoms with E-state index in [1.165, 1.54) is 38.5 Å². The molecule has 1 aliphatic heterocycles. The van der Waals surface area contributed by atoms with Crippen molar-refractivity contribution >= 4 is 23.9 Å². The monoisotopic (exact) mass is 1100 g/mol. The summed E-state index contributed by atoms with van der Waals surface area (Å²) in [5.74, 6) is -3.29. The lowest BCUT2D eigenvalue weighted by Crippen LogP contribution is -2.61. The highest BCUT2D eigenvalue weighted by Gasteiger charge is 2.50. The third-order valence-electron chi connectivity index (χ3n) is 12.7. The summed E-state index contributed by atoms with van der Waals surface area (Å²) in [5.41, 5.74) is 0. The van der Waals surface area contributed by atoms with E-state index in [0.29, 0.717) is 25.7 Å². The van der Waals surface area contributed by atoms with Crippen molar-refractivity contribution in [3.63, 3.8) is 0 Å². The highest BCUT2D eigenvalue weighted by Crippen LogP contribution is 2.26. The molecule has 0 aromatic heterocycles. The lowest BCUT2D eigenvalue weighted by molar-refractivity contribution is -0.301. The standard InChI is InChI=1S/C67H104O12/c1-4-7-10-13-16-19-22-25-28-30-33-35-38-41-44-47-50-53-59(68)75-56-58(77-60(69)54-51-48-45-42-39-36-32-27-24-21-18-15-12-9-6-3)57-76-67-65(63(72)62(71)64(79-67)66(73)74)78-61(70)55-52-49-46-43-40-37-34-31-29-26-23-20-17-14-11-8-5-2/h8-9,11-12,16-21,25-29,32,34,37,39,42-43,46,58,62-65,67,71-72H,4-7,10,13-15,22-24,30-31,33,35-36,38,40-41,44-45,47-57H2,1-3H3,(H,73,74)/b11-8-,12-9-,19-16-,20-17-,21-18-,28-25-,29-26-,32-27-,37-34-,42-39-,46-43-. The van der Waals surface area contributed by atoms with Crippen LogP contribution in [-0.2, 0) is 42.9 Å². The average Bonchev–Trinajstić information content (AvgIpc) is 3.43. The zero-order chi connectivity index (χ0) is 57.5. The van der Waals surface area contributed by atoms with E-state index in [1.54, 1.807) is 0 Å². The van der Waals surface area contributed by atoms with Crippen LogP contribution >= 0.6 is 0 Å². The van der Waals surface area contributed by atoms with Gasteiger partial charge in [0.1, 0.15) is 18.8 Å². The lowest BCUT2D eigenvalue weighted by atomic mass is 9.98. The van der Waals surface area contributed by atoms with Gasteiger partial charge in [-0.1, -0.05) is 199 Å². The molecule has 3 N–H and O–H groups in total. The molecule has 0 aliphatic carbocycles. The van der Waals surface area contributed by atoms with Crippen LogP contribution in [0.1, 0.15) is 213 Å². The second kappa shape index (κ2) is 53.5. The summed E-state index contributed by atoms with van der Waals surface area (Å²) in [6.07, 6.45) is 62.8. The molecule has 6 atom stereocenters.